The molecular weight excluding hydrogens is 326 g/mol. The monoisotopic (exact) mass is 347 g/mol. The predicted octanol–water partition coefficient (Wildman–Crippen LogP) is 7.41. The zero-order valence-electron chi connectivity index (χ0n) is 15.1. The first-order valence-electron chi connectivity index (χ1n) is 9.07. The number of nitrogens with one attached hydrogen (secondary N) is 1. The molecule has 0 bridgehead atoms. The van der Waals surface area contributed by atoms with Gasteiger partial charge in [0, 0.05) is 11.4 Å². The summed E-state index contributed by atoms with van der Waals surface area (Å²) in [7, 11) is 0. The Labute approximate surface area is 160 Å². The van der Waals surface area contributed by atoms with E-state index in [-0.39, 0.29) is 0 Å². The van der Waals surface area contributed by atoms with Gasteiger partial charge in [-0.1, -0.05) is 91.5 Å². The van der Waals surface area contributed by atoms with E-state index in [0.717, 1.165) is 16.9 Å². The summed E-state index contributed by atoms with van der Waals surface area (Å²) in [5, 5.41) is 3.47. The lowest BCUT2D eigenvalue weighted by Gasteiger charge is -2.09. The van der Waals surface area contributed by atoms with Crippen LogP contribution in [0, 0.1) is 0 Å². The fraction of sp³-hybridized carbons (Fsp3) is 0. The van der Waals surface area contributed by atoms with Crippen LogP contribution in [0.2, 0.25) is 0 Å². The van der Waals surface area contributed by atoms with E-state index in [1.807, 2.05) is 12.1 Å². The third-order valence-electron chi connectivity index (χ3n) is 4.65. The van der Waals surface area contributed by atoms with Crippen molar-refractivity contribution in [2.45, 2.75) is 0 Å². The Bertz CT molecular complexity index is 1010. The van der Waals surface area contributed by atoms with Crippen molar-refractivity contribution in [2.24, 2.45) is 0 Å². The molecule has 0 radical (unpaired) electrons. The van der Waals surface area contributed by atoms with Gasteiger partial charge in [-0.15, -0.1) is 0 Å². The van der Waals surface area contributed by atoms with Crippen molar-refractivity contribution in [1.82, 2.24) is 0 Å². The van der Waals surface area contributed by atoms with Crippen LogP contribution >= 0.6 is 0 Å². The SMILES string of the molecule is C=Cc1ccc(-c2ccc(Nc3ccc(-c4ccccc4)cc3)cc2)cc1. The van der Waals surface area contributed by atoms with Gasteiger partial charge in [0.05, 0.1) is 0 Å². The molecule has 0 heterocycles. The molecule has 1 N–H and O–H groups in total. The van der Waals surface area contributed by atoms with E-state index >= 15 is 0 Å². The second-order valence-corrected chi connectivity index (χ2v) is 6.47. The van der Waals surface area contributed by atoms with Gasteiger partial charge in [0.25, 0.3) is 0 Å². The third-order valence-corrected chi connectivity index (χ3v) is 4.65. The Hall–Kier alpha value is -3.58. The van der Waals surface area contributed by atoms with Crippen molar-refractivity contribution in [3.8, 4) is 22.3 Å². The quantitative estimate of drug-likeness (QED) is 0.396. The summed E-state index contributed by atoms with van der Waals surface area (Å²) in [6.07, 6.45) is 1.86. The maximum absolute atomic E-state index is 3.80. The highest BCUT2D eigenvalue weighted by molar-refractivity contribution is 5.71. The lowest BCUT2D eigenvalue weighted by Crippen LogP contribution is -1.90. The summed E-state index contributed by atoms with van der Waals surface area (Å²) < 4.78 is 0. The number of rotatable bonds is 5. The molecule has 27 heavy (non-hydrogen) atoms. The molecule has 0 atom stereocenters. The maximum Gasteiger partial charge on any atom is 0.0384 e. The first-order valence-corrected chi connectivity index (χ1v) is 9.07. The van der Waals surface area contributed by atoms with E-state index < -0.39 is 0 Å². The molecule has 0 amide bonds. The van der Waals surface area contributed by atoms with E-state index in [0.29, 0.717) is 0 Å². The Morgan fingerprint density at radius 3 is 1.33 bits per heavy atom. The van der Waals surface area contributed by atoms with Crippen LogP contribution in [0.3, 0.4) is 0 Å². The number of anilines is 2. The fourth-order valence-corrected chi connectivity index (χ4v) is 3.10. The average Bonchev–Trinajstić information content (AvgIpc) is 2.76. The minimum Gasteiger partial charge on any atom is -0.356 e. The minimum absolute atomic E-state index is 1.08. The van der Waals surface area contributed by atoms with Crippen molar-refractivity contribution >= 4 is 17.5 Å². The van der Waals surface area contributed by atoms with Crippen molar-refractivity contribution in [2.75, 3.05) is 5.32 Å². The van der Waals surface area contributed by atoms with E-state index in [1.54, 1.807) is 0 Å². The van der Waals surface area contributed by atoms with Gasteiger partial charge in [0.15, 0.2) is 0 Å². The van der Waals surface area contributed by atoms with Crippen LogP contribution in [0.5, 0.6) is 0 Å². The topological polar surface area (TPSA) is 12.0 Å². The van der Waals surface area contributed by atoms with Gasteiger partial charge >= 0.3 is 0 Å². The molecule has 0 saturated heterocycles. The molecule has 0 saturated carbocycles. The van der Waals surface area contributed by atoms with E-state index in [4.69, 9.17) is 0 Å². The molecule has 130 valence electrons. The van der Waals surface area contributed by atoms with Crippen molar-refractivity contribution in [1.29, 1.82) is 0 Å². The molecule has 0 aliphatic rings. The van der Waals surface area contributed by atoms with Gasteiger partial charge in [-0.3, -0.25) is 0 Å². The van der Waals surface area contributed by atoms with Crippen molar-refractivity contribution in [3.05, 3.63) is 115 Å². The second-order valence-electron chi connectivity index (χ2n) is 6.47. The molecule has 4 rings (SSSR count). The van der Waals surface area contributed by atoms with Crippen LogP contribution in [0.1, 0.15) is 5.56 Å². The second kappa shape index (κ2) is 7.76. The molecule has 4 aromatic carbocycles. The molecular formula is C26H21N. The molecule has 4 aromatic rings. The molecule has 0 aliphatic carbocycles. The summed E-state index contributed by atoms with van der Waals surface area (Å²) >= 11 is 0. The molecule has 0 aliphatic heterocycles. The molecule has 1 heteroatoms. The summed E-state index contributed by atoms with van der Waals surface area (Å²) in [6.45, 7) is 3.80. The van der Waals surface area contributed by atoms with Crippen LogP contribution in [-0.2, 0) is 0 Å². The molecule has 0 fully saturated rings. The Morgan fingerprint density at radius 2 is 0.889 bits per heavy atom. The summed E-state index contributed by atoms with van der Waals surface area (Å²) in [5.74, 6) is 0. The smallest absolute Gasteiger partial charge is 0.0384 e. The highest BCUT2D eigenvalue weighted by Crippen LogP contribution is 2.26. The van der Waals surface area contributed by atoms with Crippen molar-refractivity contribution < 1.29 is 0 Å². The number of hydrogen-bond acceptors (Lipinski definition) is 1. The van der Waals surface area contributed by atoms with Crippen molar-refractivity contribution in [3.63, 3.8) is 0 Å². The van der Waals surface area contributed by atoms with Gasteiger partial charge in [-0.25, -0.2) is 0 Å². The molecule has 0 spiro atoms. The van der Waals surface area contributed by atoms with E-state index in [9.17, 15) is 0 Å². The predicted molar refractivity (Wildman–Crippen MR) is 117 cm³/mol. The first-order chi connectivity index (χ1) is 13.3. The van der Waals surface area contributed by atoms with Crippen LogP contribution in [0.4, 0.5) is 11.4 Å². The van der Waals surface area contributed by atoms with Gasteiger partial charge in [-0.2, -0.15) is 0 Å². The highest BCUT2D eigenvalue weighted by atomic mass is 14.9. The molecule has 1 nitrogen and oxygen atoms in total. The standard InChI is InChI=1S/C26H21N/c1-2-20-8-10-22(11-9-20)24-14-18-26(19-15-24)27-25-16-12-23(13-17-25)21-6-4-3-5-7-21/h2-19,27H,1H2. The lowest BCUT2D eigenvalue weighted by molar-refractivity contribution is 1.53. The highest BCUT2D eigenvalue weighted by Gasteiger charge is 2.00. The van der Waals surface area contributed by atoms with Crippen LogP contribution in [0.15, 0.2) is 110 Å². The molecule has 0 aromatic heterocycles. The normalized spacial score (nSPS) is 10.4. The first kappa shape index (κ1) is 16.9. The lowest BCUT2D eigenvalue weighted by atomic mass is 10.0. The minimum atomic E-state index is 1.08. The van der Waals surface area contributed by atoms with Gasteiger partial charge < -0.3 is 5.32 Å². The summed E-state index contributed by atoms with van der Waals surface area (Å²) in [6, 6.07) is 35.9. The fourth-order valence-electron chi connectivity index (χ4n) is 3.10. The van der Waals surface area contributed by atoms with E-state index in [1.165, 1.54) is 22.3 Å². The summed E-state index contributed by atoms with van der Waals surface area (Å²) in [5.41, 5.74) is 8.16. The largest absolute Gasteiger partial charge is 0.356 e. The zero-order chi connectivity index (χ0) is 18.5. The molecule has 0 unspecified atom stereocenters. The number of benzene rings is 4. The summed E-state index contributed by atoms with van der Waals surface area (Å²) in [4.78, 5) is 0. The number of hydrogen-bond donors (Lipinski definition) is 1. The third kappa shape index (κ3) is 3.99. The van der Waals surface area contributed by atoms with Crippen LogP contribution < -0.4 is 5.32 Å². The Morgan fingerprint density at radius 1 is 0.481 bits per heavy atom. The van der Waals surface area contributed by atoms with Crippen LogP contribution in [-0.4, -0.2) is 0 Å². The van der Waals surface area contributed by atoms with Crippen LogP contribution in [0.25, 0.3) is 28.3 Å². The van der Waals surface area contributed by atoms with Gasteiger partial charge in [0.2, 0.25) is 0 Å². The average molecular weight is 347 g/mol. The zero-order valence-corrected chi connectivity index (χ0v) is 15.1. The Kier molecular flexibility index (Phi) is 4.84. The maximum atomic E-state index is 3.80. The Balaban J connectivity index is 1.47. The van der Waals surface area contributed by atoms with Gasteiger partial charge in [0.1, 0.15) is 0 Å². The van der Waals surface area contributed by atoms with Gasteiger partial charge in [-0.05, 0) is 52.1 Å². The van der Waals surface area contributed by atoms with E-state index in [2.05, 4.69) is 109 Å².